The first-order valence-electron chi connectivity index (χ1n) is 7.14. The van der Waals surface area contributed by atoms with Crippen LogP contribution in [0.1, 0.15) is 24.2 Å². The molecule has 0 aliphatic rings. The topological polar surface area (TPSA) is 89.3 Å². The van der Waals surface area contributed by atoms with E-state index in [1.54, 1.807) is 6.92 Å². The molecule has 0 saturated carbocycles. The number of carbonyl (C=O) groups is 1. The molecule has 0 radical (unpaired) electrons. The lowest BCUT2D eigenvalue weighted by Gasteiger charge is -2.08. The molecule has 0 saturated heterocycles. The van der Waals surface area contributed by atoms with Crippen LogP contribution in [0, 0.1) is 6.92 Å². The SMILES string of the molecule is CCNCc1cccc(NC(=O)COCc2nc(C)no2)c1. The molecule has 7 nitrogen and oxygen atoms in total. The number of carbonyl (C=O) groups excluding carboxylic acids is 1. The van der Waals surface area contributed by atoms with Crippen molar-refractivity contribution in [2.24, 2.45) is 0 Å². The van der Waals surface area contributed by atoms with Gasteiger partial charge in [-0.15, -0.1) is 0 Å². The molecule has 0 bridgehead atoms. The normalized spacial score (nSPS) is 10.6. The third-order valence-electron chi connectivity index (χ3n) is 2.82. The highest BCUT2D eigenvalue weighted by Gasteiger charge is 2.06. The van der Waals surface area contributed by atoms with Gasteiger partial charge >= 0.3 is 0 Å². The van der Waals surface area contributed by atoms with Gasteiger partial charge in [-0.05, 0) is 31.2 Å². The van der Waals surface area contributed by atoms with Gasteiger partial charge in [0, 0.05) is 12.2 Å². The summed E-state index contributed by atoms with van der Waals surface area (Å²) in [7, 11) is 0. The molecule has 7 heteroatoms. The van der Waals surface area contributed by atoms with Crippen LogP contribution in [-0.2, 0) is 22.7 Å². The smallest absolute Gasteiger partial charge is 0.252 e. The maximum absolute atomic E-state index is 11.8. The number of nitrogens with one attached hydrogen (secondary N) is 2. The number of ether oxygens (including phenoxy) is 1. The van der Waals surface area contributed by atoms with E-state index in [1.165, 1.54) is 0 Å². The van der Waals surface area contributed by atoms with Crippen LogP contribution < -0.4 is 10.6 Å². The van der Waals surface area contributed by atoms with Crippen LogP contribution in [0.2, 0.25) is 0 Å². The molecule has 0 spiro atoms. The molecule has 0 fully saturated rings. The van der Waals surface area contributed by atoms with Crippen LogP contribution in [0.4, 0.5) is 5.69 Å². The number of aryl methyl sites for hydroxylation is 1. The summed E-state index contributed by atoms with van der Waals surface area (Å²) in [6.45, 7) is 5.49. The van der Waals surface area contributed by atoms with E-state index in [9.17, 15) is 4.79 Å². The van der Waals surface area contributed by atoms with Crippen molar-refractivity contribution in [3.8, 4) is 0 Å². The second-order valence-corrected chi connectivity index (χ2v) is 4.76. The number of nitrogens with zero attached hydrogens (tertiary/aromatic N) is 2. The van der Waals surface area contributed by atoms with Crippen molar-refractivity contribution in [1.29, 1.82) is 0 Å². The maximum atomic E-state index is 11.8. The number of hydrogen-bond donors (Lipinski definition) is 2. The number of amides is 1. The fourth-order valence-corrected chi connectivity index (χ4v) is 1.86. The molecule has 1 amide bonds. The highest BCUT2D eigenvalue weighted by atomic mass is 16.5. The molecule has 2 rings (SSSR count). The highest BCUT2D eigenvalue weighted by molar-refractivity contribution is 5.91. The molecule has 1 heterocycles. The highest BCUT2D eigenvalue weighted by Crippen LogP contribution is 2.10. The largest absolute Gasteiger partial charge is 0.362 e. The second-order valence-electron chi connectivity index (χ2n) is 4.76. The van der Waals surface area contributed by atoms with E-state index in [0.29, 0.717) is 11.7 Å². The first kappa shape index (κ1) is 16.1. The Bertz CT molecular complexity index is 612. The number of benzene rings is 1. The molecule has 118 valence electrons. The fraction of sp³-hybridized carbons (Fsp3) is 0.400. The van der Waals surface area contributed by atoms with Crippen LogP contribution in [0.3, 0.4) is 0 Å². The van der Waals surface area contributed by atoms with Gasteiger partial charge in [-0.1, -0.05) is 24.2 Å². The Morgan fingerprint density at radius 2 is 2.27 bits per heavy atom. The summed E-state index contributed by atoms with van der Waals surface area (Å²) in [5.74, 6) is 0.676. The van der Waals surface area contributed by atoms with Crippen molar-refractivity contribution in [3.63, 3.8) is 0 Å². The van der Waals surface area contributed by atoms with Crippen LogP contribution in [-0.4, -0.2) is 29.2 Å². The quantitative estimate of drug-likeness (QED) is 0.770. The summed E-state index contributed by atoms with van der Waals surface area (Å²) in [5.41, 5.74) is 1.86. The average Bonchev–Trinajstić information content (AvgIpc) is 2.91. The summed E-state index contributed by atoms with van der Waals surface area (Å²) < 4.78 is 10.1. The average molecular weight is 304 g/mol. The number of hydrogen-bond acceptors (Lipinski definition) is 6. The van der Waals surface area contributed by atoms with E-state index in [2.05, 4.69) is 20.8 Å². The zero-order valence-electron chi connectivity index (χ0n) is 12.8. The molecule has 22 heavy (non-hydrogen) atoms. The van der Waals surface area contributed by atoms with Gasteiger partial charge in [-0.25, -0.2) is 0 Å². The van der Waals surface area contributed by atoms with Crippen molar-refractivity contribution < 1.29 is 14.1 Å². The van der Waals surface area contributed by atoms with Gasteiger partial charge < -0.3 is 19.9 Å². The summed E-state index contributed by atoms with van der Waals surface area (Å²) in [4.78, 5) is 15.8. The molecule has 1 aromatic carbocycles. The Hall–Kier alpha value is -2.25. The first-order valence-corrected chi connectivity index (χ1v) is 7.14. The van der Waals surface area contributed by atoms with E-state index in [1.807, 2.05) is 31.2 Å². The molecular formula is C15H20N4O3. The lowest BCUT2D eigenvalue weighted by Crippen LogP contribution is -2.18. The predicted molar refractivity (Wildman–Crippen MR) is 81.1 cm³/mol. The van der Waals surface area contributed by atoms with E-state index in [4.69, 9.17) is 9.26 Å². The molecule has 0 aliphatic heterocycles. The van der Waals surface area contributed by atoms with Gasteiger partial charge in [0.25, 0.3) is 5.89 Å². The van der Waals surface area contributed by atoms with Crippen molar-refractivity contribution in [2.75, 3.05) is 18.5 Å². The summed E-state index contributed by atoms with van der Waals surface area (Å²) >= 11 is 0. The minimum Gasteiger partial charge on any atom is -0.362 e. The van der Waals surface area contributed by atoms with Crippen molar-refractivity contribution >= 4 is 11.6 Å². The molecule has 2 aromatic rings. The fourth-order valence-electron chi connectivity index (χ4n) is 1.86. The monoisotopic (exact) mass is 304 g/mol. The van der Waals surface area contributed by atoms with E-state index in [0.717, 1.165) is 24.3 Å². The molecule has 1 aromatic heterocycles. The Morgan fingerprint density at radius 3 is 3.00 bits per heavy atom. The third-order valence-corrected chi connectivity index (χ3v) is 2.82. The Morgan fingerprint density at radius 1 is 1.41 bits per heavy atom. The molecule has 0 aliphatic carbocycles. The number of aromatic nitrogens is 2. The Labute approximate surface area is 129 Å². The summed E-state index contributed by atoms with van der Waals surface area (Å²) in [6, 6.07) is 7.69. The van der Waals surface area contributed by atoms with E-state index < -0.39 is 0 Å². The van der Waals surface area contributed by atoms with Gasteiger partial charge in [0.1, 0.15) is 13.2 Å². The molecule has 2 N–H and O–H groups in total. The standard InChI is InChI=1S/C15H20N4O3/c1-3-16-8-12-5-4-6-13(7-12)18-14(20)9-21-10-15-17-11(2)19-22-15/h4-7,16H,3,8-10H2,1-2H3,(H,18,20). The number of rotatable bonds is 8. The van der Waals surface area contributed by atoms with Crippen molar-refractivity contribution in [2.45, 2.75) is 27.0 Å². The van der Waals surface area contributed by atoms with Gasteiger partial charge in [-0.3, -0.25) is 4.79 Å². The van der Waals surface area contributed by atoms with Gasteiger partial charge in [0.05, 0.1) is 0 Å². The third kappa shape index (κ3) is 5.27. The number of anilines is 1. The summed E-state index contributed by atoms with van der Waals surface area (Å²) in [5, 5.41) is 9.67. The maximum Gasteiger partial charge on any atom is 0.252 e. The minimum absolute atomic E-state index is 0.0706. The Balaban J connectivity index is 1.76. The van der Waals surface area contributed by atoms with Gasteiger partial charge in [-0.2, -0.15) is 4.98 Å². The zero-order valence-corrected chi connectivity index (χ0v) is 12.8. The molecular weight excluding hydrogens is 284 g/mol. The molecule has 0 atom stereocenters. The predicted octanol–water partition coefficient (Wildman–Crippen LogP) is 1.64. The Kier molecular flexibility index (Phi) is 6.05. The lowest BCUT2D eigenvalue weighted by molar-refractivity contribution is -0.121. The van der Waals surface area contributed by atoms with Crippen molar-refractivity contribution in [3.05, 3.63) is 41.5 Å². The van der Waals surface area contributed by atoms with Crippen LogP contribution in [0.25, 0.3) is 0 Å². The van der Waals surface area contributed by atoms with Crippen LogP contribution in [0.5, 0.6) is 0 Å². The second kappa shape index (κ2) is 8.26. The molecule has 0 unspecified atom stereocenters. The minimum atomic E-state index is -0.225. The van der Waals surface area contributed by atoms with Gasteiger partial charge in [0.15, 0.2) is 5.82 Å². The van der Waals surface area contributed by atoms with Crippen LogP contribution in [0.15, 0.2) is 28.8 Å². The van der Waals surface area contributed by atoms with E-state index in [-0.39, 0.29) is 19.1 Å². The van der Waals surface area contributed by atoms with E-state index >= 15 is 0 Å². The lowest BCUT2D eigenvalue weighted by atomic mass is 10.2. The zero-order chi connectivity index (χ0) is 15.8. The van der Waals surface area contributed by atoms with Crippen LogP contribution >= 0.6 is 0 Å². The first-order chi connectivity index (χ1) is 10.7. The summed E-state index contributed by atoms with van der Waals surface area (Å²) in [6.07, 6.45) is 0. The van der Waals surface area contributed by atoms with Gasteiger partial charge in [0.2, 0.25) is 5.91 Å². The van der Waals surface area contributed by atoms with Crippen molar-refractivity contribution in [1.82, 2.24) is 15.5 Å².